The average molecular weight is 537 g/mol. The van der Waals surface area contributed by atoms with E-state index < -0.39 is 22.9 Å². The molecule has 12 nitrogen and oxygen atoms in total. The summed E-state index contributed by atoms with van der Waals surface area (Å²) in [5.74, 6) is 6.83. The zero-order valence-corrected chi connectivity index (χ0v) is 23.7. The van der Waals surface area contributed by atoms with E-state index in [2.05, 4.69) is 27.1 Å². The van der Waals surface area contributed by atoms with Gasteiger partial charge in [0, 0.05) is 37.6 Å². The number of hydrogen-bond donors (Lipinski definition) is 1. The lowest BCUT2D eigenvalue weighted by Crippen LogP contribution is -2.49. The molecule has 208 valence electrons. The number of nitrogens with zero attached hydrogens (tertiary/aromatic N) is 7. The molecule has 1 fully saturated rings. The molecular weight excluding hydrogens is 500 g/mol. The second-order valence-corrected chi connectivity index (χ2v) is 10.8. The fourth-order valence-corrected chi connectivity index (χ4v) is 4.81. The number of piperidine rings is 1. The van der Waals surface area contributed by atoms with Gasteiger partial charge in [0.2, 0.25) is 5.95 Å². The van der Waals surface area contributed by atoms with Crippen LogP contribution in [-0.4, -0.2) is 59.5 Å². The predicted molar refractivity (Wildman–Crippen MR) is 148 cm³/mol. The number of rotatable bonds is 5. The molecule has 12 heteroatoms. The molecule has 0 aliphatic carbocycles. The zero-order valence-electron chi connectivity index (χ0n) is 23.7. The first-order chi connectivity index (χ1) is 18.4. The number of aryl methyl sites for hydroxylation is 3. The fourth-order valence-electron chi connectivity index (χ4n) is 4.81. The second-order valence-electron chi connectivity index (χ2n) is 10.8. The molecule has 3 aromatic rings. The molecule has 0 aromatic carbocycles. The number of carbonyl (C=O) groups is 1. The lowest BCUT2D eigenvalue weighted by Gasteiger charge is -2.34. The molecule has 0 radical (unpaired) electrons. The molecule has 0 unspecified atom stereocenters. The molecule has 4 heterocycles. The van der Waals surface area contributed by atoms with E-state index in [4.69, 9.17) is 9.72 Å². The summed E-state index contributed by atoms with van der Waals surface area (Å²) in [4.78, 5) is 55.1. The molecule has 4 rings (SSSR count). The maximum Gasteiger partial charge on any atom is 0.407 e. The molecule has 1 N–H and O–H groups in total. The van der Waals surface area contributed by atoms with Gasteiger partial charge in [0.1, 0.15) is 11.4 Å². The van der Waals surface area contributed by atoms with Crippen LogP contribution in [0.2, 0.25) is 0 Å². The van der Waals surface area contributed by atoms with Crippen molar-refractivity contribution in [2.75, 3.05) is 18.0 Å². The van der Waals surface area contributed by atoms with Gasteiger partial charge in [0.15, 0.2) is 11.2 Å². The third-order valence-corrected chi connectivity index (χ3v) is 6.38. The molecule has 1 aliphatic rings. The van der Waals surface area contributed by atoms with E-state index in [1.165, 1.54) is 4.57 Å². The van der Waals surface area contributed by atoms with Crippen LogP contribution < -0.4 is 21.5 Å². The van der Waals surface area contributed by atoms with Gasteiger partial charge in [0.05, 0.1) is 13.1 Å². The van der Waals surface area contributed by atoms with Gasteiger partial charge in [-0.1, -0.05) is 5.92 Å². The highest BCUT2D eigenvalue weighted by Gasteiger charge is 2.29. The third kappa shape index (κ3) is 6.13. The van der Waals surface area contributed by atoms with Gasteiger partial charge >= 0.3 is 11.8 Å². The predicted octanol–water partition coefficient (Wildman–Crippen LogP) is 1.87. The maximum atomic E-state index is 13.8. The van der Waals surface area contributed by atoms with Crippen molar-refractivity contribution in [3.8, 4) is 11.8 Å². The van der Waals surface area contributed by atoms with Crippen LogP contribution in [0.15, 0.2) is 15.7 Å². The highest BCUT2D eigenvalue weighted by molar-refractivity contribution is 5.75. The van der Waals surface area contributed by atoms with Crippen molar-refractivity contribution in [1.82, 2.24) is 34.0 Å². The van der Waals surface area contributed by atoms with Crippen molar-refractivity contribution in [3.63, 3.8) is 0 Å². The average Bonchev–Trinajstić information content (AvgIpc) is 3.22. The number of ether oxygens (including phenoxy) is 1. The number of carbonyl (C=O) groups excluding carboxylic acids is 1. The maximum absolute atomic E-state index is 13.8. The summed E-state index contributed by atoms with van der Waals surface area (Å²) in [5, 5.41) is 2.95. The summed E-state index contributed by atoms with van der Waals surface area (Å²) in [6, 6.07) is 1.67. The third-order valence-electron chi connectivity index (χ3n) is 6.38. The van der Waals surface area contributed by atoms with Crippen molar-refractivity contribution < 1.29 is 9.53 Å². The SMILES string of the molecule is CC#CCn1c(N2CCC[C@@H](NC(=O)OC(C)(C)C)C2)nc2c1c(=O)n(Cc1nc(C)cc(C)n1)c(=O)n2C. The molecule has 3 aromatic heterocycles. The van der Waals surface area contributed by atoms with Crippen LogP contribution in [0.3, 0.4) is 0 Å². The molecule has 1 aliphatic heterocycles. The highest BCUT2D eigenvalue weighted by Crippen LogP contribution is 2.23. The molecule has 1 amide bonds. The Morgan fingerprint density at radius 2 is 1.85 bits per heavy atom. The van der Waals surface area contributed by atoms with E-state index in [0.29, 0.717) is 24.9 Å². The van der Waals surface area contributed by atoms with E-state index in [-0.39, 0.29) is 30.3 Å². The minimum atomic E-state index is -0.599. The quantitative estimate of drug-likeness (QED) is 0.490. The summed E-state index contributed by atoms with van der Waals surface area (Å²) >= 11 is 0. The van der Waals surface area contributed by atoms with Gasteiger partial charge in [-0.2, -0.15) is 4.98 Å². The van der Waals surface area contributed by atoms with Crippen molar-refractivity contribution in [2.45, 2.75) is 79.1 Å². The number of aromatic nitrogens is 6. The lowest BCUT2D eigenvalue weighted by atomic mass is 10.1. The fraction of sp³-hybridized carbons (Fsp3) is 0.556. The first-order valence-corrected chi connectivity index (χ1v) is 13.0. The van der Waals surface area contributed by atoms with Crippen molar-refractivity contribution in [2.24, 2.45) is 7.05 Å². The second kappa shape index (κ2) is 10.9. The number of amides is 1. The van der Waals surface area contributed by atoms with E-state index in [0.717, 1.165) is 28.8 Å². The number of alkyl carbamates (subject to hydrolysis) is 1. The monoisotopic (exact) mass is 536 g/mol. The van der Waals surface area contributed by atoms with Crippen LogP contribution >= 0.6 is 0 Å². The van der Waals surface area contributed by atoms with E-state index in [1.807, 2.05) is 45.6 Å². The Balaban J connectivity index is 1.76. The molecule has 0 saturated carbocycles. The number of fused-ring (bicyclic) bond motifs is 1. The first-order valence-electron chi connectivity index (χ1n) is 13.0. The van der Waals surface area contributed by atoms with Gasteiger partial charge in [-0.25, -0.2) is 19.6 Å². The Labute approximate surface area is 227 Å². The van der Waals surface area contributed by atoms with Gasteiger partial charge in [0.25, 0.3) is 5.56 Å². The number of hydrogen-bond acceptors (Lipinski definition) is 8. The number of imidazole rings is 1. The zero-order chi connectivity index (χ0) is 28.5. The van der Waals surface area contributed by atoms with Gasteiger partial charge in [-0.05, 0) is 60.5 Å². The lowest BCUT2D eigenvalue weighted by molar-refractivity contribution is 0.0499. The summed E-state index contributed by atoms with van der Waals surface area (Å²) in [5.41, 5.74) is 0.489. The summed E-state index contributed by atoms with van der Waals surface area (Å²) in [7, 11) is 1.60. The standard InChI is InChI=1S/C27H36N8O4/c1-8-9-13-34-21-22(31-24(34)33-12-10-11-19(15-33)30-25(37)39-27(4,5)6)32(7)26(38)35(23(21)36)16-20-28-17(2)14-18(3)29-20/h14,19H,10-13,15-16H2,1-7H3,(H,30,37)/t19-/m1/s1. The minimum Gasteiger partial charge on any atom is -0.444 e. The topological polar surface area (TPSA) is 129 Å². The van der Waals surface area contributed by atoms with Crippen LogP contribution in [0.1, 0.15) is 57.7 Å². The number of anilines is 1. The summed E-state index contributed by atoms with van der Waals surface area (Å²) in [6.45, 7) is 12.2. The molecule has 1 saturated heterocycles. The molecule has 0 spiro atoms. The van der Waals surface area contributed by atoms with Gasteiger partial charge in [-0.15, -0.1) is 5.92 Å². The largest absolute Gasteiger partial charge is 0.444 e. The Morgan fingerprint density at radius 1 is 1.15 bits per heavy atom. The van der Waals surface area contributed by atoms with Gasteiger partial charge in [-0.3, -0.25) is 18.5 Å². The molecular formula is C27H36N8O4. The van der Waals surface area contributed by atoms with Crippen LogP contribution in [-0.2, 0) is 24.9 Å². The summed E-state index contributed by atoms with van der Waals surface area (Å²) in [6.07, 6.45) is 1.11. The van der Waals surface area contributed by atoms with Crippen LogP contribution in [0.5, 0.6) is 0 Å². The number of nitrogens with one attached hydrogen (secondary N) is 1. The van der Waals surface area contributed by atoms with Crippen molar-refractivity contribution >= 4 is 23.2 Å². The molecule has 1 atom stereocenters. The van der Waals surface area contributed by atoms with Crippen LogP contribution in [0.25, 0.3) is 11.2 Å². The van der Waals surface area contributed by atoms with E-state index in [9.17, 15) is 14.4 Å². The molecule has 0 bridgehead atoms. The van der Waals surface area contributed by atoms with E-state index >= 15 is 0 Å². The smallest absolute Gasteiger partial charge is 0.407 e. The van der Waals surface area contributed by atoms with E-state index in [1.54, 1.807) is 18.5 Å². The Morgan fingerprint density at radius 3 is 2.49 bits per heavy atom. The van der Waals surface area contributed by atoms with Crippen molar-refractivity contribution in [3.05, 3.63) is 44.1 Å². The first kappa shape index (κ1) is 27.9. The Kier molecular flexibility index (Phi) is 7.81. The van der Waals surface area contributed by atoms with Gasteiger partial charge < -0.3 is 15.0 Å². The highest BCUT2D eigenvalue weighted by atomic mass is 16.6. The Bertz CT molecular complexity index is 1560. The minimum absolute atomic E-state index is 0.0600. The molecule has 39 heavy (non-hydrogen) atoms. The normalized spacial score (nSPS) is 15.7. The van der Waals surface area contributed by atoms with Crippen LogP contribution in [0.4, 0.5) is 10.7 Å². The summed E-state index contributed by atoms with van der Waals surface area (Å²) < 4.78 is 9.69. The van der Waals surface area contributed by atoms with Crippen molar-refractivity contribution in [1.29, 1.82) is 0 Å². The van der Waals surface area contributed by atoms with Crippen LogP contribution in [0, 0.1) is 25.7 Å². The Hall–Kier alpha value is -4.14.